The molecular weight excluding hydrogens is 309 g/mol. The average Bonchev–Trinajstić information content (AvgIpc) is 2.22. The van der Waals surface area contributed by atoms with E-state index in [1.807, 2.05) is 28.7 Å². The van der Waals surface area contributed by atoms with Crippen molar-refractivity contribution in [1.82, 2.24) is 0 Å². The van der Waals surface area contributed by atoms with E-state index in [0.717, 1.165) is 0 Å². The molecular formula is C10H8INO3. The summed E-state index contributed by atoms with van der Waals surface area (Å²) in [6.45, 7) is 1.95. The SMILES string of the molecule is CCOC(=O)c1cc(C#N)cc(O)c1I. The van der Waals surface area contributed by atoms with Gasteiger partial charge in [-0.05, 0) is 41.6 Å². The molecule has 0 fully saturated rings. The van der Waals surface area contributed by atoms with Gasteiger partial charge in [-0.2, -0.15) is 5.26 Å². The van der Waals surface area contributed by atoms with Gasteiger partial charge in [-0.1, -0.05) is 0 Å². The van der Waals surface area contributed by atoms with Crippen molar-refractivity contribution in [2.75, 3.05) is 6.61 Å². The number of aromatic hydroxyl groups is 1. The topological polar surface area (TPSA) is 70.3 Å². The number of rotatable bonds is 2. The minimum atomic E-state index is -0.533. The maximum Gasteiger partial charge on any atom is 0.339 e. The van der Waals surface area contributed by atoms with Crippen LogP contribution in [0.5, 0.6) is 5.75 Å². The molecule has 0 heterocycles. The molecule has 0 unspecified atom stereocenters. The maximum atomic E-state index is 11.4. The van der Waals surface area contributed by atoms with Gasteiger partial charge in [0.05, 0.1) is 27.4 Å². The molecule has 1 N–H and O–H groups in total. The van der Waals surface area contributed by atoms with Gasteiger partial charge < -0.3 is 9.84 Å². The normalized spacial score (nSPS) is 9.40. The van der Waals surface area contributed by atoms with Crippen LogP contribution in [0.3, 0.4) is 0 Å². The standard InChI is InChI=1S/C10H8INO3/c1-2-15-10(14)7-3-6(5-12)4-8(13)9(7)11/h3-4,13H,2H2,1H3. The van der Waals surface area contributed by atoms with E-state index >= 15 is 0 Å². The third kappa shape index (κ3) is 2.59. The Kier molecular flexibility index (Phi) is 3.91. The number of carbonyl (C=O) groups excluding carboxylic acids is 1. The number of esters is 1. The van der Waals surface area contributed by atoms with Crippen molar-refractivity contribution >= 4 is 28.6 Å². The number of ether oxygens (including phenoxy) is 1. The lowest BCUT2D eigenvalue weighted by molar-refractivity contribution is 0.0524. The average molecular weight is 317 g/mol. The monoisotopic (exact) mass is 317 g/mol. The van der Waals surface area contributed by atoms with Crippen molar-refractivity contribution in [2.24, 2.45) is 0 Å². The third-order valence-electron chi connectivity index (χ3n) is 1.68. The number of hydrogen-bond acceptors (Lipinski definition) is 4. The number of hydrogen-bond donors (Lipinski definition) is 1. The van der Waals surface area contributed by atoms with Crippen molar-refractivity contribution in [3.05, 3.63) is 26.8 Å². The molecule has 0 aliphatic heterocycles. The molecule has 4 nitrogen and oxygen atoms in total. The van der Waals surface area contributed by atoms with E-state index < -0.39 is 5.97 Å². The highest BCUT2D eigenvalue weighted by Gasteiger charge is 2.15. The molecule has 0 aliphatic carbocycles. The van der Waals surface area contributed by atoms with E-state index in [1.54, 1.807) is 6.92 Å². The lowest BCUT2D eigenvalue weighted by atomic mass is 10.1. The van der Waals surface area contributed by atoms with Crippen LogP contribution >= 0.6 is 22.6 Å². The Labute approximate surface area is 101 Å². The molecule has 1 aromatic carbocycles. The van der Waals surface area contributed by atoms with Crippen LogP contribution in [-0.4, -0.2) is 17.7 Å². The first-order valence-electron chi connectivity index (χ1n) is 4.19. The molecule has 0 atom stereocenters. The van der Waals surface area contributed by atoms with E-state index in [0.29, 0.717) is 3.57 Å². The summed E-state index contributed by atoms with van der Waals surface area (Å²) in [7, 11) is 0. The van der Waals surface area contributed by atoms with Gasteiger partial charge in [0.1, 0.15) is 5.75 Å². The van der Waals surface area contributed by atoms with Gasteiger partial charge in [0, 0.05) is 0 Å². The Balaban J connectivity index is 3.23. The zero-order chi connectivity index (χ0) is 11.4. The van der Waals surface area contributed by atoms with Crippen molar-refractivity contribution in [3.8, 4) is 11.8 Å². The van der Waals surface area contributed by atoms with Crippen LogP contribution in [-0.2, 0) is 4.74 Å². The van der Waals surface area contributed by atoms with Crippen LogP contribution in [0, 0.1) is 14.9 Å². The first-order valence-corrected chi connectivity index (χ1v) is 5.27. The van der Waals surface area contributed by atoms with E-state index in [2.05, 4.69) is 0 Å². The second-order valence-corrected chi connectivity index (χ2v) is 3.77. The Morgan fingerprint density at radius 2 is 2.33 bits per heavy atom. The summed E-state index contributed by atoms with van der Waals surface area (Å²) < 4.78 is 5.19. The molecule has 0 saturated heterocycles. The minimum absolute atomic E-state index is 0.0855. The first-order chi connectivity index (χ1) is 7.10. The van der Waals surface area contributed by atoms with Crippen LogP contribution in [0.15, 0.2) is 12.1 Å². The van der Waals surface area contributed by atoms with Crippen LogP contribution in [0.2, 0.25) is 0 Å². The Morgan fingerprint density at radius 1 is 1.67 bits per heavy atom. The van der Waals surface area contributed by atoms with Crippen molar-refractivity contribution in [2.45, 2.75) is 6.92 Å². The third-order valence-corrected chi connectivity index (χ3v) is 2.81. The van der Waals surface area contributed by atoms with Gasteiger partial charge in [-0.15, -0.1) is 0 Å². The molecule has 15 heavy (non-hydrogen) atoms. The largest absolute Gasteiger partial charge is 0.507 e. The van der Waals surface area contributed by atoms with Crippen LogP contribution < -0.4 is 0 Å². The lowest BCUT2D eigenvalue weighted by Crippen LogP contribution is -2.07. The summed E-state index contributed by atoms with van der Waals surface area (Å²) >= 11 is 1.83. The van der Waals surface area contributed by atoms with E-state index in [-0.39, 0.29) is 23.5 Å². The molecule has 0 radical (unpaired) electrons. The Hall–Kier alpha value is -1.29. The number of benzene rings is 1. The second-order valence-electron chi connectivity index (χ2n) is 2.69. The zero-order valence-electron chi connectivity index (χ0n) is 7.95. The van der Waals surface area contributed by atoms with Crippen LogP contribution in [0.1, 0.15) is 22.8 Å². The highest BCUT2D eigenvalue weighted by Crippen LogP contribution is 2.25. The van der Waals surface area contributed by atoms with Crippen molar-refractivity contribution < 1.29 is 14.6 Å². The smallest absolute Gasteiger partial charge is 0.339 e. The number of phenolic OH excluding ortho intramolecular Hbond substituents is 1. The molecule has 0 aromatic heterocycles. The van der Waals surface area contributed by atoms with E-state index in [4.69, 9.17) is 10.00 Å². The zero-order valence-corrected chi connectivity index (χ0v) is 10.1. The van der Waals surface area contributed by atoms with Gasteiger partial charge >= 0.3 is 5.97 Å². The summed E-state index contributed by atoms with van der Waals surface area (Å²) in [5, 5.41) is 18.1. The van der Waals surface area contributed by atoms with Gasteiger partial charge in [-0.25, -0.2) is 4.79 Å². The van der Waals surface area contributed by atoms with Gasteiger partial charge in [0.25, 0.3) is 0 Å². The summed E-state index contributed by atoms with van der Waals surface area (Å²) in [6, 6.07) is 4.57. The molecule has 0 aliphatic rings. The number of halogens is 1. The van der Waals surface area contributed by atoms with Gasteiger partial charge in [0.2, 0.25) is 0 Å². The van der Waals surface area contributed by atoms with Crippen molar-refractivity contribution in [1.29, 1.82) is 5.26 Å². The molecule has 78 valence electrons. The number of nitriles is 1. The van der Waals surface area contributed by atoms with Crippen LogP contribution in [0.25, 0.3) is 0 Å². The van der Waals surface area contributed by atoms with Gasteiger partial charge in [0.15, 0.2) is 0 Å². The molecule has 1 rings (SSSR count). The van der Waals surface area contributed by atoms with E-state index in [9.17, 15) is 9.90 Å². The second kappa shape index (κ2) is 4.98. The summed E-state index contributed by atoms with van der Waals surface area (Å²) in [5.74, 6) is -0.619. The highest BCUT2D eigenvalue weighted by molar-refractivity contribution is 14.1. The first kappa shape index (κ1) is 11.8. The summed E-state index contributed by atoms with van der Waals surface area (Å²) in [5.41, 5.74) is 0.449. The lowest BCUT2D eigenvalue weighted by Gasteiger charge is -2.06. The fourth-order valence-corrected chi connectivity index (χ4v) is 1.56. The Morgan fingerprint density at radius 3 is 2.87 bits per heavy atom. The summed E-state index contributed by atoms with van der Waals surface area (Å²) in [6.07, 6.45) is 0. The fraction of sp³-hybridized carbons (Fsp3) is 0.200. The molecule has 0 bridgehead atoms. The molecule has 0 spiro atoms. The highest BCUT2D eigenvalue weighted by atomic mass is 127. The maximum absolute atomic E-state index is 11.4. The molecule has 5 heteroatoms. The fourth-order valence-electron chi connectivity index (χ4n) is 1.03. The predicted octanol–water partition coefficient (Wildman–Crippen LogP) is 2.05. The molecule has 0 amide bonds. The van der Waals surface area contributed by atoms with Crippen molar-refractivity contribution in [3.63, 3.8) is 0 Å². The quantitative estimate of drug-likeness (QED) is 0.669. The number of phenols is 1. The Bertz CT molecular complexity index is 437. The molecule has 1 aromatic rings. The number of nitrogens with zero attached hydrogens (tertiary/aromatic N) is 1. The number of carbonyl (C=O) groups is 1. The minimum Gasteiger partial charge on any atom is -0.507 e. The van der Waals surface area contributed by atoms with Crippen LogP contribution in [0.4, 0.5) is 0 Å². The van der Waals surface area contributed by atoms with Gasteiger partial charge in [-0.3, -0.25) is 0 Å². The van der Waals surface area contributed by atoms with E-state index in [1.165, 1.54) is 12.1 Å². The summed E-state index contributed by atoms with van der Waals surface area (Å²) in [4.78, 5) is 11.4. The molecule has 0 saturated carbocycles. The predicted molar refractivity (Wildman–Crippen MR) is 61.5 cm³/mol.